The van der Waals surface area contributed by atoms with E-state index in [1.54, 1.807) is 0 Å². The summed E-state index contributed by atoms with van der Waals surface area (Å²) in [7, 11) is -3.10. The maximum absolute atomic E-state index is 13.0. The first-order valence-electron chi connectivity index (χ1n) is 8.48. The molecule has 2 rings (SSSR count). The average molecular weight is 385 g/mol. The van der Waals surface area contributed by atoms with Crippen molar-refractivity contribution in [3.8, 4) is 0 Å². The van der Waals surface area contributed by atoms with Crippen LogP contribution in [0.15, 0.2) is 24.3 Å². The fourth-order valence-electron chi connectivity index (χ4n) is 2.76. The molecular formula is C17H24FN3O4S. The minimum absolute atomic E-state index is 0.0540. The van der Waals surface area contributed by atoms with Gasteiger partial charge in [-0.15, -0.1) is 0 Å². The average Bonchev–Trinajstić information content (AvgIpc) is 2.87. The molecule has 26 heavy (non-hydrogen) atoms. The van der Waals surface area contributed by atoms with Gasteiger partial charge in [-0.25, -0.2) is 17.6 Å². The van der Waals surface area contributed by atoms with Crippen LogP contribution in [0.3, 0.4) is 0 Å². The van der Waals surface area contributed by atoms with Gasteiger partial charge < -0.3 is 16.0 Å². The first kappa shape index (κ1) is 20.2. The first-order valence-corrected chi connectivity index (χ1v) is 10.3. The van der Waals surface area contributed by atoms with Crippen LogP contribution in [0.25, 0.3) is 0 Å². The zero-order chi connectivity index (χ0) is 19.3. The Balaban J connectivity index is 1.96. The number of hydrogen-bond donors (Lipinski definition) is 3. The van der Waals surface area contributed by atoms with Gasteiger partial charge in [0.15, 0.2) is 9.84 Å². The Kier molecular flexibility index (Phi) is 6.57. The summed E-state index contributed by atoms with van der Waals surface area (Å²) in [6.45, 7) is 3.84. The minimum Gasteiger partial charge on any atom is -0.334 e. The molecule has 2 atom stereocenters. The third-order valence-electron chi connectivity index (χ3n) is 4.01. The third-order valence-corrected chi connectivity index (χ3v) is 5.78. The monoisotopic (exact) mass is 385 g/mol. The molecule has 3 amide bonds. The smallest absolute Gasteiger partial charge is 0.315 e. The van der Waals surface area contributed by atoms with E-state index in [9.17, 15) is 22.4 Å². The van der Waals surface area contributed by atoms with Crippen molar-refractivity contribution in [2.75, 3.05) is 16.8 Å². The summed E-state index contributed by atoms with van der Waals surface area (Å²) < 4.78 is 35.9. The van der Waals surface area contributed by atoms with E-state index in [1.807, 2.05) is 13.8 Å². The van der Waals surface area contributed by atoms with Crippen LogP contribution in [0.4, 0.5) is 14.9 Å². The fourth-order valence-corrected chi connectivity index (χ4v) is 4.43. The van der Waals surface area contributed by atoms with Crippen molar-refractivity contribution in [2.45, 2.75) is 38.8 Å². The summed E-state index contributed by atoms with van der Waals surface area (Å²) in [4.78, 5) is 24.6. The summed E-state index contributed by atoms with van der Waals surface area (Å²) in [6.07, 6.45) is 0.774. The number of rotatable bonds is 6. The Labute approximate surface area is 152 Å². The van der Waals surface area contributed by atoms with Gasteiger partial charge in [0.2, 0.25) is 5.91 Å². The highest BCUT2D eigenvalue weighted by Gasteiger charge is 2.30. The molecule has 7 nitrogen and oxygen atoms in total. The van der Waals surface area contributed by atoms with E-state index in [2.05, 4.69) is 16.0 Å². The molecule has 1 aromatic carbocycles. The van der Waals surface area contributed by atoms with Crippen LogP contribution in [0.1, 0.15) is 26.7 Å². The Bertz CT molecular complexity index is 750. The zero-order valence-corrected chi connectivity index (χ0v) is 15.6. The van der Waals surface area contributed by atoms with E-state index in [-0.39, 0.29) is 17.4 Å². The molecule has 1 unspecified atom stereocenters. The molecule has 144 valence electrons. The molecule has 1 heterocycles. The predicted molar refractivity (Wildman–Crippen MR) is 97.0 cm³/mol. The second-order valence-corrected chi connectivity index (χ2v) is 9.12. The summed E-state index contributed by atoms with van der Waals surface area (Å²) in [5, 5.41) is 7.85. The van der Waals surface area contributed by atoms with Gasteiger partial charge in [0, 0.05) is 11.7 Å². The van der Waals surface area contributed by atoms with Gasteiger partial charge in [-0.2, -0.15) is 0 Å². The van der Waals surface area contributed by atoms with Crippen LogP contribution in [-0.2, 0) is 14.6 Å². The lowest BCUT2D eigenvalue weighted by molar-refractivity contribution is -0.118. The molecule has 3 N–H and O–H groups in total. The Hall–Kier alpha value is -2.16. The topological polar surface area (TPSA) is 104 Å². The van der Waals surface area contributed by atoms with Crippen molar-refractivity contribution in [3.63, 3.8) is 0 Å². The van der Waals surface area contributed by atoms with Gasteiger partial charge in [0.05, 0.1) is 11.5 Å². The van der Waals surface area contributed by atoms with Gasteiger partial charge in [0.1, 0.15) is 11.9 Å². The normalized spacial score (nSPS) is 19.8. The van der Waals surface area contributed by atoms with Crippen molar-refractivity contribution in [1.29, 1.82) is 0 Å². The number of carbonyl (C=O) groups excluding carboxylic acids is 2. The number of amides is 3. The van der Waals surface area contributed by atoms with E-state index >= 15 is 0 Å². The molecule has 0 aliphatic carbocycles. The second-order valence-electron chi connectivity index (χ2n) is 6.90. The summed E-state index contributed by atoms with van der Waals surface area (Å²) in [5.74, 6) is -0.716. The van der Waals surface area contributed by atoms with Crippen LogP contribution >= 0.6 is 0 Å². The lowest BCUT2D eigenvalue weighted by Crippen LogP contribution is -2.51. The van der Waals surface area contributed by atoms with Gasteiger partial charge in [-0.05, 0) is 43.0 Å². The Morgan fingerprint density at radius 3 is 2.42 bits per heavy atom. The minimum atomic E-state index is -3.10. The quantitative estimate of drug-likeness (QED) is 0.693. The second kappa shape index (κ2) is 8.48. The van der Waals surface area contributed by atoms with Crippen molar-refractivity contribution < 1.29 is 22.4 Å². The van der Waals surface area contributed by atoms with Crippen LogP contribution in [-0.4, -0.2) is 43.9 Å². The fraction of sp³-hybridized carbons (Fsp3) is 0.529. The molecule has 0 aromatic heterocycles. The van der Waals surface area contributed by atoms with Crippen LogP contribution < -0.4 is 16.0 Å². The van der Waals surface area contributed by atoms with Crippen molar-refractivity contribution >= 4 is 27.5 Å². The molecule has 9 heteroatoms. The van der Waals surface area contributed by atoms with Gasteiger partial charge in [0.25, 0.3) is 0 Å². The van der Waals surface area contributed by atoms with E-state index in [4.69, 9.17) is 0 Å². The summed E-state index contributed by atoms with van der Waals surface area (Å²) in [6, 6.07) is 3.51. The number of benzene rings is 1. The predicted octanol–water partition coefficient (Wildman–Crippen LogP) is 1.67. The van der Waals surface area contributed by atoms with Crippen molar-refractivity contribution in [2.24, 2.45) is 5.92 Å². The highest BCUT2D eigenvalue weighted by molar-refractivity contribution is 7.91. The van der Waals surface area contributed by atoms with Crippen LogP contribution in [0, 0.1) is 11.7 Å². The highest BCUT2D eigenvalue weighted by atomic mass is 32.2. The lowest BCUT2D eigenvalue weighted by Gasteiger charge is -2.21. The molecule has 0 bridgehead atoms. The summed E-state index contributed by atoms with van der Waals surface area (Å²) >= 11 is 0. The molecule has 0 spiro atoms. The largest absolute Gasteiger partial charge is 0.334 e. The third kappa shape index (κ3) is 6.29. The van der Waals surface area contributed by atoms with Gasteiger partial charge in [-0.1, -0.05) is 13.8 Å². The molecular weight excluding hydrogens is 361 g/mol. The van der Waals surface area contributed by atoms with E-state index in [0.717, 1.165) is 0 Å². The zero-order valence-electron chi connectivity index (χ0n) is 14.8. The highest BCUT2D eigenvalue weighted by Crippen LogP contribution is 2.13. The number of sulfone groups is 1. The molecule has 1 aromatic rings. The molecule has 1 fully saturated rings. The molecule has 0 radical (unpaired) electrons. The SMILES string of the molecule is CC(C)C[C@H](NC(=O)NC1CCS(=O)(=O)C1)C(=O)Nc1ccc(F)cc1. The van der Waals surface area contributed by atoms with Crippen LogP contribution in [0.5, 0.6) is 0 Å². The van der Waals surface area contributed by atoms with E-state index < -0.39 is 39.7 Å². The number of hydrogen-bond acceptors (Lipinski definition) is 4. The number of urea groups is 1. The maximum Gasteiger partial charge on any atom is 0.315 e. The van der Waals surface area contributed by atoms with E-state index in [1.165, 1.54) is 24.3 Å². The standard InChI is InChI=1S/C17H24FN3O4S/c1-11(2)9-15(16(22)19-13-5-3-12(18)4-6-13)21-17(23)20-14-7-8-26(24,25)10-14/h3-6,11,14-15H,7-10H2,1-2H3,(H,19,22)(H2,20,21,23)/t14?,15-/m0/s1. The first-order chi connectivity index (χ1) is 12.1. The number of carbonyl (C=O) groups is 2. The molecule has 0 saturated carbocycles. The van der Waals surface area contributed by atoms with Gasteiger partial charge in [-0.3, -0.25) is 4.79 Å². The summed E-state index contributed by atoms with van der Waals surface area (Å²) in [5.41, 5.74) is 0.425. The van der Waals surface area contributed by atoms with E-state index in [0.29, 0.717) is 18.5 Å². The number of halogens is 1. The van der Waals surface area contributed by atoms with Gasteiger partial charge >= 0.3 is 6.03 Å². The Morgan fingerprint density at radius 2 is 1.88 bits per heavy atom. The number of nitrogens with one attached hydrogen (secondary N) is 3. The van der Waals surface area contributed by atoms with Crippen molar-refractivity contribution in [3.05, 3.63) is 30.1 Å². The number of anilines is 1. The maximum atomic E-state index is 13.0. The molecule has 1 aliphatic heterocycles. The lowest BCUT2D eigenvalue weighted by atomic mass is 10.0. The van der Waals surface area contributed by atoms with Crippen LogP contribution in [0.2, 0.25) is 0 Å². The van der Waals surface area contributed by atoms with Crippen molar-refractivity contribution in [1.82, 2.24) is 10.6 Å². The Morgan fingerprint density at radius 1 is 1.23 bits per heavy atom. The molecule has 1 saturated heterocycles. The molecule has 1 aliphatic rings.